The van der Waals surface area contributed by atoms with Crippen molar-refractivity contribution in [2.45, 2.75) is 51.5 Å². The van der Waals surface area contributed by atoms with Gasteiger partial charge in [0.05, 0.1) is 0 Å². The summed E-state index contributed by atoms with van der Waals surface area (Å²) in [6.45, 7) is 3.63. The van der Waals surface area contributed by atoms with Crippen molar-refractivity contribution in [3.05, 3.63) is 0 Å². The van der Waals surface area contributed by atoms with Gasteiger partial charge in [0.2, 0.25) is 11.8 Å². The zero-order valence-electron chi connectivity index (χ0n) is 15.9. The molecular weight excluding hydrogens is 344 g/mol. The van der Waals surface area contributed by atoms with Gasteiger partial charge in [0.15, 0.2) is 0 Å². The topological polar surface area (TPSA) is 74.8 Å². The molecule has 7 atom stereocenters. The van der Waals surface area contributed by atoms with Gasteiger partial charge in [0, 0.05) is 62.2 Å². The number of piperazine rings is 1. The molecule has 2 unspecified atom stereocenters. The Morgan fingerprint density at radius 1 is 0.815 bits per heavy atom. The molecule has 146 valence electrons. The van der Waals surface area contributed by atoms with Gasteiger partial charge in [-0.3, -0.25) is 19.2 Å². The fourth-order valence-corrected chi connectivity index (χ4v) is 6.68. The Morgan fingerprint density at radius 2 is 1.37 bits per heavy atom. The minimum absolute atomic E-state index is 0.0290. The molecular formula is C21H28N2O4. The Bertz CT molecular complexity index is 719. The van der Waals surface area contributed by atoms with Gasteiger partial charge in [-0.05, 0) is 44.4 Å². The summed E-state index contributed by atoms with van der Waals surface area (Å²) in [4.78, 5) is 53.9. The second-order valence-electron chi connectivity index (χ2n) is 9.61. The van der Waals surface area contributed by atoms with Crippen molar-refractivity contribution >= 4 is 23.4 Å². The lowest BCUT2D eigenvalue weighted by Gasteiger charge is -2.43. The Balaban J connectivity index is 1.22. The lowest BCUT2D eigenvalue weighted by Crippen LogP contribution is -2.58. The van der Waals surface area contributed by atoms with E-state index in [2.05, 4.69) is 0 Å². The van der Waals surface area contributed by atoms with E-state index >= 15 is 0 Å². The molecule has 4 saturated carbocycles. The molecule has 0 radical (unpaired) electrons. The molecule has 0 aromatic carbocycles. The molecule has 5 fully saturated rings. The number of nitrogens with zero attached hydrogens (tertiary/aromatic N) is 2. The highest BCUT2D eigenvalue weighted by molar-refractivity contribution is 5.93. The van der Waals surface area contributed by atoms with Crippen LogP contribution >= 0.6 is 0 Å². The minimum atomic E-state index is -0.135. The van der Waals surface area contributed by atoms with Crippen LogP contribution in [0.25, 0.3) is 0 Å². The third-order valence-electron chi connectivity index (χ3n) is 7.98. The molecule has 4 bridgehead atoms. The molecule has 0 N–H and O–H groups in total. The summed E-state index contributed by atoms with van der Waals surface area (Å²) in [6, 6.07) is -0.0290. The van der Waals surface area contributed by atoms with Crippen LogP contribution < -0.4 is 0 Å². The van der Waals surface area contributed by atoms with Crippen molar-refractivity contribution in [1.82, 2.24) is 9.80 Å². The van der Waals surface area contributed by atoms with E-state index in [1.807, 2.05) is 16.7 Å². The number of carbonyl (C=O) groups excluding carboxylic acids is 4. The van der Waals surface area contributed by atoms with Crippen molar-refractivity contribution in [3.63, 3.8) is 0 Å². The highest BCUT2D eigenvalue weighted by atomic mass is 16.2. The highest BCUT2D eigenvalue weighted by Gasteiger charge is 2.52. The molecule has 0 aromatic rings. The van der Waals surface area contributed by atoms with Crippen LogP contribution in [0.4, 0.5) is 0 Å². The number of fused-ring (bicyclic) bond motifs is 4. The molecule has 4 aliphatic carbocycles. The van der Waals surface area contributed by atoms with Crippen LogP contribution in [-0.2, 0) is 19.2 Å². The van der Waals surface area contributed by atoms with E-state index in [9.17, 15) is 19.2 Å². The Kier molecular flexibility index (Phi) is 3.96. The minimum Gasteiger partial charge on any atom is -0.339 e. The molecule has 1 heterocycles. The molecule has 1 aliphatic heterocycles. The van der Waals surface area contributed by atoms with Gasteiger partial charge in [-0.15, -0.1) is 0 Å². The average Bonchev–Trinajstić information content (AvgIpc) is 3.39. The summed E-state index contributed by atoms with van der Waals surface area (Å²) in [5.41, 5.74) is 0. The van der Waals surface area contributed by atoms with Crippen molar-refractivity contribution < 1.29 is 19.2 Å². The van der Waals surface area contributed by atoms with Crippen LogP contribution in [0.2, 0.25) is 0 Å². The van der Waals surface area contributed by atoms with Gasteiger partial charge in [0.25, 0.3) is 0 Å². The van der Waals surface area contributed by atoms with Gasteiger partial charge in [-0.1, -0.05) is 0 Å². The van der Waals surface area contributed by atoms with Crippen LogP contribution in [0.15, 0.2) is 0 Å². The Labute approximate surface area is 159 Å². The van der Waals surface area contributed by atoms with Crippen molar-refractivity contribution in [3.8, 4) is 0 Å². The molecule has 0 spiro atoms. The summed E-state index contributed by atoms with van der Waals surface area (Å²) < 4.78 is 0. The van der Waals surface area contributed by atoms with Crippen LogP contribution in [0.5, 0.6) is 0 Å². The third kappa shape index (κ3) is 2.66. The first-order chi connectivity index (χ1) is 12.9. The third-order valence-corrected chi connectivity index (χ3v) is 7.98. The van der Waals surface area contributed by atoms with E-state index in [0.29, 0.717) is 44.3 Å². The Hall–Kier alpha value is -1.72. The first-order valence-electron chi connectivity index (χ1n) is 10.6. The predicted molar refractivity (Wildman–Crippen MR) is 96.4 cm³/mol. The zero-order chi connectivity index (χ0) is 18.9. The summed E-state index contributed by atoms with van der Waals surface area (Å²) in [5.74, 6) is 1.20. The second kappa shape index (κ2) is 6.14. The second-order valence-corrected chi connectivity index (χ2v) is 9.61. The lowest BCUT2D eigenvalue weighted by molar-refractivity contribution is -0.150. The Morgan fingerprint density at radius 3 is 1.85 bits per heavy atom. The molecule has 0 aromatic heterocycles. The fourth-order valence-electron chi connectivity index (χ4n) is 6.68. The molecule has 6 heteroatoms. The van der Waals surface area contributed by atoms with E-state index in [1.54, 1.807) is 0 Å². The van der Waals surface area contributed by atoms with Crippen molar-refractivity contribution in [2.75, 3.05) is 19.6 Å². The largest absolute Gasteiger partial charge is 0.339 e. The summed E-state index contributed by atoms with van der Waals surface area (Å²) >= 11 is 0. The first kappa shape index (κ1) is 17.4. The number of hydrogen-bond donors (Lipinski definition) is 0. The number of rotatable bonds is 2. The van der Waals surface area contributed by atoms with E-state index in [1.165, 1.54) is 0 Å². The van der Waals surface area contributed by atoms with Gasteiger partial charge < -0.3 is 9.80 Å². The monoisotopic (exact) mass is 372 g/mol. The van der Waals surface area contributed by atoms with Gasteiger partial charge in [0.1, 0.15) is 11.6 Å². The van der Waals surface area contributed by atoms with Crippen LogP contribution in [0.3, 0.4) is 0 Å². The number of amides is 2. The molecule has 5 rings (SSSR count). The van der Waals surface area contributed by atoms with Crippen LogP contribution in [-0.4, -0.2) is 58.9 Å². The van der Waals surface area contributed by atoms with E-state index in [4.69, 9.17) is 0 Å². The van der Waals surface area contributed by atoms with E-state index < -0.39 is 0 Å². The van der Waals surface area contributed by atoms with Crippen molar-refractivity contribution in [2.24, 2.45) is 35.5 Å². The predicted octanol–water partition coefficient (Wildman–Crippen LogP) is 1.28. The van der Waals surface area contributed by atoms with E-state index in [0.717, 1.165) is 25.7 Å². The average molecular weight is 372 g/mol. The lowest BCUT2D eigenvalue weighted by atomic mass is 9.85. The maximum atomic E-state index is 13.1. The summed E-state index contributed by atoms with van der Waals surface area (Å²) in [7, 11) is 0. The zero-order valence-corrected chi connectivity index (χ0v) is 15.9. The maximum Gasteiger partial charge on any atom is 0.226 e. The van der Waals surface area contributed by atoms with Gasteiger partial charge in [-0.2, -0.15) is 0 Å². The van der Waals surface area contributed by atoms with E-state index in [-0.39, 0.29) is 53.1 Å². The quantitative estimate of drug-likeness (QED) is 0.732. The van der Waals surface area contributed by atoms with Gasteiger partial charge in [-0.25, -0.2) is 0 Å². The number of hydrogen-bond acceptors (Lipinski definition) is 4. The first-order valence-corrected chi connectivity index (χ1v) is 10.6. The molecule has 6 nitrogen and oxygen atoms in total. The van der Waals surface area contributed by atoms with Crippen LogP contribution in [0.1, 0.15) is 45.4 Å². The number of carbonyl (C=O) groups is 4. The fraction of sp³-hybridized carbons (Fsp3) is 0.810. The SMILES string of the molecule is C[C@@H]1CN(C(=O)C2C[C@H]3CC(=O)[C@@H]2C3)CCN1C(=O)C1C[C@H]2CC(=O)[C@@H]1C2. The molecule has 2 amide bonds. The normalized spacial score (nSPS) is 43.1. The standard InChI is InChI=1S/C21H28N2O4/c1-11-10-22(20(26)16-6-12-4-14(16)18(24)8-12)2-3-23(11)21(27)17-7-13-5-15(17)19(25)9-13/h11-17H,2-10H2,1H3/t11-,12+,13+,14-,15-,16?,17?/m1/s1. The number of ketones is 2. The molecule has 1 saturated heterocycles. The summed E-state index contributed by atoms with van der Waals surface area (Å²) in [5, 5.41) is 0. The number of Topliss-reactive ketones (excluding diaryl/α,β-unsaturated/α-hetero) is 2. The molecule has 5 aliphatic rings. The molecule has 27 heavy (non-hydrogen) atoms. The highest BCUT2D eigenvalue weighted by Crippen LogP contribution is 2.48. The maximum absolute atomic E-state index is 13.1. The van der Waals surface area contributed by atoms with Gasteiger partial charge >= 0.3 is 0 Å². The smallest absolute Gasteiger partial charge is 0.226 e. The van der Waals surface area contributed by atoms with Crippen LogP contribution in [0, 0.1) is 35.5 Å². The van der Waals surface area contributed by atoms with Crippen molar-refractivity contribution in [1.29, 1.82) is 0 Å². The summed E-state index contributed by atoms with van der Waals surface area (Å²) in [6.07, 6.45) is 4.82.